The number of hydrazone groups is 1. The molecule has 6 nitrogen and oxygen atoms in total. The van der Waals surface area contributed by atoms with Gasteiger partial charge in [-0.3, -0.25) is 5.21 Å². The van der Waals surface area contributed by atoms with E-state index in [1.165, 1.54) is 18.2 Å². The Hall–Kier alpha value is -1.64. The third-order valence-corrected chi connectivity index (χ3v) is 6.43. The summed E-state index contributed by atoms with van der Waals surface area (Å²) in [5.41, 5.74) is 0.921. The Labute approximate surface area is 169 Å². The van der Waals surface area contributed by atoms with Crippen molar-refractivity contribution in [3.63, 3.8) is 0 Å². The van der Waals surface area contributed by atoms with Gasteiger partial charge in [-0.1, -0.05) is 73.6 Å². The van der Waals surface area contributed by atoms with Crippen LogP contribution >= 0.6 is 24.0 Å². The summed E-state index contributed by atoms with van der Waals surface area (Å²) in [5.74, 6) is 0. The first kappa shape index (κ1) is 20.1. The van der Waals surface area contributed by atoms with Gasteiger partial charge in [0.2, 0.25) is 0 Å². The SMILES string of the molecule is CC1(C)SC(=S)N(/N=C\c2ccccc2)[C@H]1N(O)C(=O)NC1CCCCC1. The number of thioether (sulfide) groups is 1. The number of hydrogen-bond acceptors (Lipinski definition) is 5. The molecule has 0 unspecified atom stereocenters. The Kier molecular flexibility index (Phi) is 6.39. The van der Waals surface area contributed by atoms with E-state index in [0.29, 0.717) is 4.32 Å². The van der Waals surface area contributed by atoms with Crippen LogP contribution in [0.25, 0.3) is 0 Å². The minimum absolute atomic E-state index is 0.117. The Balaban J connectivity index is 1.75. The van der Waals surface area contributed by atoms with Gasteiger partial charge < -0.3 is 5.32 Å². The van der Waals surface area contributed by atoms with E-state index in [1.54, 1.807) is 11.2 Å². The number of carbonyl (C=O) groups is 1. The molecular weight excluding hydrogens is 380 g/mol. The van der Waals surface area contributed by atoms with Gasteiger partial charge in [0.15, 0.2) is 10.5 Å². The molecular formula is C19H26N4O2S2. The zero-order valence-corrected chi connectivity index (χ0v) is 17.3. The average Bonchev–Trinajstić information content (AvgIpc) is 2.88. The van der Waals surface area contributed by atoms with Crippen LogP contribution in [0.5, 0.6) is 0 Å². The second kappa shape index (κ2) is 8.58. The number of nitrogens with zero attached hydrogens (tertiary/aromatic N) is 3. The van der Waals surface area contributed by atoms with Gasteiger partial charge in [0.1, 0.15) is 0 Å². The number of hydrogen-bond donors (Lipinski definition) is 2. The predicted octanol–water partition coefficient (Wildman–Crippen LogP) is 4.19. The van der Waals surface area contributed by atoms with Crippen molar-refractivity contribution in [2.24, 2.45) is 5.10 Å². The van der Waals surface area contributed by atoms with Crippen LogP contribution in [0.3, 0.4) is 0 Å². The molecule has 2 fully saturated rings. The van der Waals surface area contributed by atoms with E-state index in [-0.39, 0.29) is 6.04 Å². The summed E-state index contributed by atoms with van der Waals surface area (Å²) in [5, 5.41) is 20.4. The fourth-order valence-electron chi connectivity index (χ4n) is 3.49. The van der Waals surface area contributed by atoms with Crippen molar-refractivity contribution in [1.82, 2.24) is 15.4 Å². The molecule has 1 aromatic carbocycles. The van der Waals surface area contributed by atoms with Crippen LogP contribution < -0.4 is 5.32 Å². The molecule has 3 rings (SSSR count). The molecule has 0 bridgehead atoms. The van der Waals surface area contributed by atoms with Gasteiger partial charge in [0, 0.05) is 6.04 Å². The van der Waals surface area contributed by atoms with E-state index in [0.717, 1.165) is 36.3 Å². The van der Waals surface area contributed by atoms with Crippen LogP contribution in [0, 0.1) is 0 Å². The number of thiocarbonyl (C=S) groups is 1. The molecule has 27 heavy (non-hydrogen) atoms. The fraction of sp³-hybridized carbons (Fsp3) is 0.526. The highest BCUT2D eigenvalue weighted by atomic mass is 32.2. The summed E-state index contributed by atoms with van der Waals surface area (Å²) in [6, 6.07) is 9.28. The Morgan fingerprint density at radius 2 is 2.00 bits per heavy atom. The van der Waals surface area contributed by atoms with Gasteiger partial charge in [-0.25, -0.2) is 9.80 Å². The van der Waals surface area contributed by atoms with Crippen molar-refractivity contribution in [2.45, 2.75) is 62.9 Å². The van der Waals surface area contributed by atoms with Crippen molar-refractivity contribution in [3.05, 3.63) is 35.9 Å². The first-order valence-electron chi connectivity index (χ1n) is 9.28. The summed E-state index contributed by atoms with van der Waals surface area (Å²) in [6.45, 7) is 3.90. The molecule has 0 radical (unpaired) electrons. The molecule has 1 aliphatic heterocycles. The van der Waals surface area contributed by atoms with Gasteiger partial charge in [0.25, 0.3) is 0 Å². The van der Waals surface area contributed by atoms with Crippen LogP contribution in [0.4, 0.5) is 4.79 Å². The maximum Gasteiger partial charge on any atom is 0.343 e. The van der Waals surface area contributed by atoms with E-state index in [9.17, 15) is 10.0 Å². The van der Waals surface area contributed by atoms with Gasteiger partial charge in [-0.15, -0.1) is 0 Å². The molecule has 2 amide bonds. The molecule has 1 saturated carbocycles. The topological polar surface area (TPSA) is 68.2 Å². The van der Waals surface area contributed by atoms with Crippen molar-refractivity contribution in [2.75, 3.05) is 0 Å². The van der Waals surface area contributed by atoms with Gasteiger partial charge in [-0.2, -0.15) is 10.2 Å². The second-order valence-corrected chi connectivity index (χ2v) is 9.76. The van der Waals surface area contributed by atoms with Crippen molar-refractivity contribution < 1.29 is 10.0 Å². The number of urea groups is 1. The second-order valence-electron chi connectivity index (χ2n) is 7.47. The van der Waals surface area contributed by atoms with E-state index in [4.69, 9.17) is 12.2 Å². The zero-order chi connectivity index (χ0) is 19.4. The lowest BCUT2D eigenvalue weighted by molar-refractivity contribution is -0.119. The fourth-order valence-corrected chi connectivity index (χ4v) is 5.28. The van der Waals surface area contributed by atoms with Gasteiger partial charge in [-0.05, 0) is 32.3 Å². The highest BCUT2D eigenvalue weighted by molar-refractivity contribution is 8.24. The van der Waals surface area contributed by atoms with Crippen LogP contribution in [0.15, 0.2) is 35.4 Å². The standard InChI is InChI=1S/C19H26N4O2S2/c1-19(2)16(23(25)17(24)21-15-11-7-4-8-12-15)22(18(26)27-19)20-13-14-9-5-3-6-10-14/h3,5-6,9-10,13,15-16,25H,4,7-8,11-12H2,1-2H3,(H,21,24)/b20-13-/t16-/m0/s1. The molecule has 1 aromatic rings. The third kappa shape index (κ3) is 4.80. The summed E-state index contributed by atoms with van der Waals surface area (Å²) in [4.78, 5) is 12.6. The Morgan fingerprint density at radius 3 is 2.67 bits per heavy atom. The highest BCUT2D eigenvalue weighted by Gasteiger charge is 2.50. The summed E-state index contributed by atoms with van der Waals surface area (Å²) in [6.07, 6.45) is 6.34. The zero-order valence-electron chi connectivity index (χ0n) is 15.7. The first-order valence-corrected chi connectivity index (χ1v) is 10.5. The van der Waals surface area contributed by atoms with Crippen molar-refractivity contribution in [3.8, 4) is 0 Å². The summed E-state index contributed by atoms with van der Waals surface area (Å²) >= 11 is 6.88. The average molecular weight is 407 g/mol. The molecule has 2 aliphatic rings. The van der Waals surface area contributed by atoms with Crippen LogP contribution in [0.1, 0.15) is 51.5 Å². The number of carbonyl (C=O) groups excluding carboxylic acids is 1. The molecule has 1 saturated heterocycles. The lowest BCUT2D eigenvalue weighted by Crippen LogP contribution is -2.57. The molecule has 146 valence electrons. The molecule has 1 atom stereocenters. The van der Waals surface area contributed by atoms with Crippen LogP contribution in [-0.4, -0.2) is 48.8 Å². The number of benzene rings is 1. The predicted molar refractivity (Wildman–Crippen MR) is 113 cm³/mol. The Morgan fingerprint density at radius 1 is 1.33 bits per heavy atom. The molecule has 0 aromatic heterocycles. The summed E-state index contributed by atoms with van der Waals surface area (Å²) < 4.78 is 0.0331. The highest BCUT2D eigenvalue weighted by Crippen LogP contribution is 2.42. The smallest absolute Gasteiger partial charge is 0.333 e. The van der Waals surface area contributed by atoms with Gasteiger partial charge in [0.05, 0.1) is 11.0 Å². The number of rotatable bonds is 4. The Bertz CT molecular complexity index is 705. The van der Waals surface area contributed by atoms with E-state index in [2.05, 4.69) is 10.4 Å². The molecule has 8 heteroatoms. The van der Waals surface area contributed by atoms with Crippen LogP contribution in [-0.2, 0) is 0 Å². The van der Waals surface area contributed by atoms with Crippen molar-refractivity contribution in [1.29, 1.82) is 0 Å². The van der Waals surface area contributed by atoms with Crippen molar-refractivity contribution >= 4 is 40.5 Å². The largest absolute Gasteiger partial charge is 0.343 e. The van der Waals surface area contributed by atoms with E-state index in [1.807, 2.05) is 44.2 Å². The third-order valence-electron chi connectivity index (χ3n) is 4.89. The number of hydroxylamine groups is 2. The minimum atomic E-state index is -0.682. The first-order chi connectivity index (χ1) is 12.9. The maximum atomic E-state index is 12.6. The monoisotopic (exact) mass is 406 g/mol. The maximum absolute atomic E-state index is 12.6. The number of nitrogens with one attached hydrogen (secondary N) is 1. The normalized spacial score (nSPS) is 23.0. The number of amides is 2. The minimum Gasteiger partial charge on any atom is -0.333 e. The molecule has 2 N–H and O–H groups in total. The van der Waals surface area contributed by atoms with Crippen LogP contribution in [0.2, 0.25) is 0 Å². The molecule has 1 heterocycles. The molecule has 0 spiro atoms. The van der Waals surface area contributed by atoms with E-state index >= 15 is 0 Å². The van der Waals surface area contributed by atoms with E-state index < -0.39 is 16.9 Å². The van der Waals surface area contributed by atoms with Gasteiger partial charge >= 0.3 is 6.03 Å². The molecule has 1 aliphatic carbocycles. The lowest BCUT2D eigenvalue weighted by atomic mass is 9.96. The summed E-state index contributed by atoms with van der Waals surface area (Å²) in [7, 11) is 0. The lowest BCUT2D eigenvalue weighted by Gasteiger charge is -2.35. The quantitative estimate of drug-likeness (QED) is 0.340.